The lowest BCUT2D eigenvalue weighted by molar-refractivity contribution is 0.400. The Labute approximate surface area is 211 Å². The number of halogens is 1. The van der Waals surface area contributed by atoms with E-state index in [0.29, 0.717) is 27.7 Å². The first kappa shape index (κ1) is 24.2. The molecule has 0 aliphatic heterocycles. The second-order valence-electron chi connectivity index (χ2n) is 8.91. The molecule has 0 saturated carbocycles. The molecule has 184 valence electrons. The fraction of sp³-hybridized carbons (Fsp3) is 0.192. The molecule has 5 rings (SSSR count). The number of sulfonamides is 1. The van der Waals surface area contributed by atoms with Crippen LogP contribution >= 0.6 is 11.7 Å². The lowest BCUT2D eigenvalue weighted by Crippen LogP contribution is -2.33. The van der Waals surface area contributed by atoms with Gasteiger partial charge < -0.3 is 4.98 Å². The summed E-state index contributed by atoms with van der Waals surface area (Å²) in [7, 11) is -4.13. The summed E-state index contributed by atoms with van der Waals surface area (Å²) in [5.41, 5.74) is 4.52. The molecular formula is C26H23FN4O3S2. The summed E-state index contributed by atoms with van der Waals surface area (Å²) in [6.45, 7) is 5.36. The Morgan fingerprint density at radius 3 is 2.44 bits per heavy atom. The molecule has 0 atom stereocenters. The number of nitrogens with zero attached hydrogens (tertiary/aromatic N) is 3. The third-order valence-corrected chi connectivity index (χ3v) is 8.68. The molecule has 5 aromatic rings. The zero-order valence-corrected chi connectivity index (χ0v) is 21.5. The van der Waals surface area contributed by atoms with Gasteiger partial charge in [0.1, 0.15) is 21.7 Å². The van der Waals surface area contributed by atoms with Crippen molar-refractivity contribution in [2.75, 3.05) is 0 Å². The quantitative estimate of drug-likeness (QED) is 0.339. The third-order valence-electron chi connectivity index (χ3n) is 6.17. The van der Waals surface area contributed by atoms with Gasteiger partial charge in [-0.3, -0.25) is 4.79 Å². The number of pyridine rings is 1. The number of aryl methyl sites for hydroxylation is 3. The molecule has 2 aromatic heterocycles. The number of aromatic nitrogens is 3. The largest absolute Gasteiger partial charge is 0.321 e. The minimum Gasteiger partial charge on any atom is -0.321 e. The smallest absolute Gasteiger partial charge is 0.252 e. The van der Waals surface area contributed by atoms with Gasteiger partial charge >= 0.3 is 0 Å². The number of rotatable bonds is 6. The molecule has 1 N–H and O–H groups in total. The fourth-order valence-corrected chi connectivity index (χ4v) is 6.80. The van der Waals surface area contributed by atoms with Gasteiger partial charge in [-0.1, -0.05) is 29.8 Å². The summed E-state index contributed by atoms with van der Waals surface area (Å²) in [6, 6.07) is 14.7. The summed E-state index contributed by atoms with van der Waals surface area (Å²) in [5, 5.41) is 0.822. The van der Waals surface area contributed by atoms with Crippen LogP contribution in [0.3, 0.4) is 0 Å². The Morgan fingerprint density at radius 2 is 1.69 bits per heavy atom. The van der Waals surface area contributed by atoms with E-state index in [2.05, 4.69) is 13.7 Å². The van der Waals surface area contributed by atoms with Crippen LogP contribution in [0.2, 0.25) is 0 Å². The summed E-state index contributed by atoms with van der Waals surface area (Å²) in [6.07, 6.45) is 0. The predicted octanol–water partition coefficient (Wildman–Crippen LogP) is 4.99. The molecule has 0 aliphatic rings. The van der Waals surface area contributed by atoms with E-state index in [1.54, 1.807) is 25.1 Å². The van der Waals surface area contributed by atoms with Crippen LogP contribution in [0, 0.1) is 26.6 Å². The lowest BCUT2D eigenvalue weighted by atomic mass is 10.1. The van der Waals surface area contributed by atoms with Crippen LogP contribution in [-0.4, -0.2) is 26.5 Å². The SMILES string of the molecule is Cc1cc(C)c2[nH]c(=O)c(CN(Cc3ccc(F)cc3)S(=O)(=O)c3c(C)ccc4nsnc34)cc2c1. The van der Waals surface area contributed by atoms with Gasteiger partial charge in [0, 0.05) is 18.7 Å². The predicted molar refractivity (Wildman–Crippen MR) is 139 cm³/mol. The van der Waals surface area contributed by atoms with Crippen LogP contribution in [0.4, 0.5) is 4.39 Å². The van der Waals surface area contributed by atoms with E-state index >= 15 is 0 Å². The maximum absolute atomic E-state index is 14.1. The van der Waals surface area contributed by atoms with E-state index < -0.39 is 15.8 Å². The molecule has 0 amide bonds. The highest BCUT2D eigenvalue weighted by molar-refractivity contribution is 7.89. The van der Waals surface area contributed by atoms with Crippen molar-refractivity contribution in [3.05, 3.63) is 98.6 Å². The molecule has 10 heteroatoms. The summed E-state index contributed by atoms with van der Waals surface area (Å²) >= 11 is 0.940. The van der Waals surface area contributed by atoms with Crippen LogP contribution in [0.5, 0.6) is 0 Å². The maximum atomic E-state index is 14.1. The van der Waals surface area contributed by atoms with E-state index in [9.17, 15) is 17.6 Å². The zero-order valence-electron chi connectivity index (χ0n) is 19.9. The Kier molecular flexibility index (Phi) is 6.19. The fourth-order valence-electron chi connectivity index (χ4n) is 4.44. The van der Waals surface area contributed by atoms with E-state index in [0.717, 1.165) is 33.8 Å². The molecule has 0 bridgehead atoms. The Bertz CT molecular complexity index is 1780. The Hall–Kier alpha value is -3.47. The molecule has 0 saturated heterocycles. The first-order chi connectivity index (χ1) is 17.1. The standard InChI is InChI=1S/C26H23FN4O3S2/c1-15-10-17(3)23-19(11-15)12-20(26(32)28-23)14-31(13-18-5-7-21(27)8-6-18)36(33,34)25-16(2)4-9-22-24(25)30-35-29-22/h4-12H,13-14H2,1-3H3,(H,28,32). The second-order valence-corrected chi connectivity index (χ2v) is 11.3. The highest BCUT2D eigenvalue weighted by Crippen LogP contribution is 2.30. The van der Waals surface area contributed by atoms with Crippen molar-refractivity contribution in [2.24, 2.45) is 0 Å². The van der Waals surface area contributed by atoms with Crippen LogP contribution in [0.15, 0.2) is 64.3 Å². The van der Waals surface area contributed by atoms with Crippen LogP contribution in [-0.2, 0) is 23.1 Å². The molecule has 0 aliphatic carbocycles. The zero-order chi connectivity index (χ0) is 25.6. The van der Waals surface area contributed by atoms with Gasteiger partial charge in [-0.25, -0.2) is 12.8 Å². The molecule has 0 radical (unpaired) electrons. The summed E-state index contributed by atoms with van der Waals surface area (Å²) < 4.78 is 51.4. The molecule has 0 spiro atoms. The van der Waals surface area contributed by atoms with Crippen molar-refractivity contribution in [3.8, 4) is 0 Å². The molecule has 0 unspecified atom stereocenters. The van der Waals surface area contributed by atoms with Crippen molar-refractivity contribution in [1.82, 2.24) is 18.0 Å². The lowest BCUT2D eigenvalue weighted by Gasteiger charge is -2.23. The Morgan fingerprint density at radius 1 is 0.944 bits per heavy atom. The normalized spacial score (nSPS) is 12.1. The van der Waals surface area contributed by atoms with Gasteiger partial charge in [0.2, 0.25) is 10.0 Å². The molecule has 0 fully saturated rings. The van der Waals surface area contributed by atoms with Gasteiger partial charge in [-0.05, 0) is 73.2 Å². The van der Waals surface area contributed by atoms with Crippen molar-refractivity contribution in [2.45, 2.75) is 38.8 Å². The number of nitrogens with one attached hydrogen (secondary N) is 1. The minimum absolute atomic E-state index is 0.0552. The van der Waals surface area contributed by atoms with Crippen LogP contribution < -0.4 is 5.56 Å². The molecule has 3 aromatic carbocycles. The average Bonchev–Trinajstić information content (AvgIpc) is 3.29. The van der Waals surface area contributed by atoms with Gasteiger partial charge in [0.15, 0.2) is 0 Å². The minimum atomic E-state index is -4.13. The van der Waals surface area contributed by atoms with Gasteiger partial charge in [0.25, 0.3) is 5.56 Å². The first-order valence-corrected chi connectivity index (χ1v) is 13.4. The second kappa shape index (κ2) is 9.20. The van der Waals surface area contributed by atoms with Gasteiger partial charge in [0.05, 0.1) is 17.2 Å². The third kappa shape index (κ3) is 4.43. The van der Waals surface area contributed by atoms with Crippen LogP contribution in [0.1, 0.15) is 27.8 Å². The number of hydrogen-bond donors (Lipinski definition) is 1. The number of H-pyrrole nitrogens is 1. The van der Waals surface area contributed by atoms with E-state index in [1.165, 1.54) is 28.6 Å². The van der Waals surface area contributed by atoms with Crippen molar-refractivity contribution < 1.29 is 12.8 Å². The van der Waals surface area contributed by atoms with Gasteiger partial charge in [-0.2, -0.15) is 13.1 Å². The monoisotopic (exact) mass is 522 g/mol. The summed E-state index contributed by atoms with van der Waals surface area (Å²) in [4.78, 5) is 16.0. The number of benzene rings is 3. The Balaban J connectivity index is 1.66. The highest BCUT2D eigenvalue weighted by atomic mass is 32.2. The maximum Gasteiger partial charge on any atom is 0.252 e. The summed E-state index contributed by atoms with van der Waals surface area (Å²) in [5.74, 6) is -0.418. The van der Waals surface area contributed by atoms with Crippen molar-refractivity contribution >= 4 is 43.7 Å². The van der Waals surface area contributed by atoms with E-state index in [1.807, 2.05) is 26.0 Å². The molecule has 7 nitrogen and oxygen atoms in total. The molecular weight excluding hydrogens is 499 g/mol. The topological polar surface area (TPSA) is 96.0 Å². The first-order valence-electron chi connectivity index (χ1n) is 11.2. The highest BCUT2D eigenvalue weighted by Gasteiger charge is 2.30. The van der Waals surface area contributed by atoms with E-state index in [-0.39, 0.29) is 23.5 Å². The van der Waals surface area contributed by atoms with Gasteiger partial charge in [-0.15, -0.1) is 0 Å². The molecule has 36 heavy (non-hydrogen) atoms. The number of fused-ring (bicyclic) bond motifs is 2. The number of aromatic amines is 1. The number of hydrogen-bond acceptors (Lipinski definition) is 6. The van der Waals surface area contributed by atoms with E-state index in [4.69, 9.17) is 0 Å². The average molecular weight is 523 g/mol. The van der Waals surface area contributed by atoms with Crippen LogP contribution in [0.25, 0.3) is 21.9 Å². The van der Waals surface area contributed by atoms with Crippen molar-refractivity contribution in [1.29, 1.82) is 0 Å². The van der Waals surface area contributed by atoms with Crippen molar-refractivity contribution in [3.63, 3.8) is 0 Å². The molecule has 2 heterocycles.